The van der Waals surface area contributed by atoms with Gasteiger partial charge in [-0.15, -0.1) is 0 Å². The van der Waals surface area contributed by atoms with Crippen molar-refractivity contribution in [3.63, 3.8) is 0 Å². The van der Waals surface area contributed by atoms with Crippen molar-refractivity contribution in [1.29, 1.82) is 5.41 Å². The number of hydrogen-bond donors (Lipinski definition) is 2. The molecule has 1 unspecified atom stereocenters. The van der Waals surface area contributed by atoms with Crippen molar-refractivity contribution >= 4 is 11.7 Å². The highest BCUT2D eigenvalue weighted by Crippen LogP contribution is 2.17. The van der Waals surface area contributed by atoms with Gasteiger partial charge in [0.05, 0.1) is 11.9 Å². The molecule has 1 atom stereocenters. The summed E-state index contributed by atoms with van der Waals surface area (Å²) in [5.41, 5.74) is 0. The Balaban J connectivity index is 2.00. The number of amides is 1. The Morgan fingerprint density at radius 3 is 2.92 bits per heavy atom. The molecular formula is C8H13N3O. The Bertz CT molecular complexity index is 226. The maximum Gasteiger partial charge on any atom is 0.222 e. The summed E-state index contributed by atoms with van der Waals surface area (Å²) < 4.78 is 0. The second kappa shape index (κ2) is 2.77. The van der Waals surface area contributed by atoms with Crippen LogP contribution in [0.5, 0.6) is 0 Å². The third-order valence-electron chi connectivity index (χ3n) is 2.56. The van der Waals surface area contributed by atoms with Crippen molar-refractivity contribution in [2.45, 2.75) is 25.3 Å². The molecule has 0 radical (unpaired) electrons. The Kier molecular flexibility index (Phi) is 1.75. The molecule has 0 aliphatic carbocycles. The lowest BCUT2D eigenvalue weighted by molar-refractivity contribution is -0.119. The zero-order chi connectivity index (χ0) is 8.55. The van der Waals surface area contributed by atoms with Crippen molar-refractivity contribution in [2.24, 2.45) is 0 Å². The summed E-state index contributed by atoms with van der Waals surface area (Å²) in [6.45, 7) is 1.68. The Morgan fingerprint density at radius 1 is 1.58 bits per heavy atom. The van der Waals surface area contributed by atoms with Crippen LogP contribution >= 0.6 is 0 Å². The van der Waals surface area contributed by atoms with Crippen LogP contribution in [0.3, 0.4) is 0 Å². The molecule has 0 spiro atoms. The number of carbonyl (C=O) groups is 1. The van der Waals surface area contributed by atoms with Crippen LogP contribution in [0.1, 0.15) is 19.3 Å². The van der Waals surface area contributed by atoms with E-state index in [4.69, 9.17) is 5.41 Å². The van der Waals surface area contributed by atoms with Crippen LogP contribution in [0.25, 0.3) is 0 Å². The molecule has 0 saturated carbocycles. The smallest absolute Gasteiger partial charge is 0.222 e. The molecule has 4 nitrogen and oxygen atoms in total. The van der Waals surface area contributed by atoms with E-state index in [-0.39, 0.29) is 11.9 Å². The number of nitrogens with one attached hydrogen (secondary N) is 2. The molecule has 2 heterocycles. The van der Waals surface area contributed by atoms with E-state index in [1.807, 2.05) is 0 Å². The fraction of sp³-hybridized carbons (Fsp3) is 0.750. The van der Waals surface area contributed by atoms with E-state index >= 15 is 0 Å². The van der Waals surface area contributed by atoms with Gasteiger partial charge in [-0.1, -0.05) is 0 Å². The van der Waals surface area contributed by atoms with Crippen molar-refractivity contribution in [3.05, 3.63) is 0 Å². The average molecular weight is 167 g/mol. The quantitative estimate of drug-likeness (QED) is 0.575. The van der Waals surface area contributed by atoms with E-state index in [0.29, 0.717) is 12.3 Å². The monoisotopic (exact) mass is 167 g/mol. The van der Waals surface area contributed by atoms with Crippen molar-refractivity contribution < 1.29 is 4.79 Å². The van der Waals surface area contributed by atoms with E-state index in [0.717, 1.165) is 25.9 Å². The Hall–Kier alpha value is -1.06. The predicted molar refractivity (Wildman–Crippen MR) is 45.1 cm³/mol. The summed E-state index contributed by atoms with van der Waals surface area (Å²) in [6.07, 6.45) is 2.52. The molecule has 2 rings (SSSR count). The van der Waals surface area contributed by atoms with Crippen molar-refractivity contribution in [2.75, 3.05) is 13.1 Å². The maximum absolute atomic E-state index is 10.9. The number of rotatable bonds is 1. The predicted octanol–water partition coefficient (Wildman–Crippen LogP) is -0.0520. The SMILES string of the molecule is N=C1CCCN1C1CNC(=O)C1. The number of likely N-dealkylation sites (tertiary alicyclic amines) is 1. The Labute approximate surface area is 71.4 Å². The van der Waals surface area contributed by atoms with E-state index in [2.05, 4.69) is 10.2 Å². The minimum atomic E-state index is 0.125. The van der Waals surface area contributed by atoms with E-state index in [1.54, 1.807) is 0 Å². The van der Waals surface area contributed by atoms with Crippen LogP contribution < -0.4 is 5.32 Å². The molecule has 2 saturated heterocycles. The highest BCUT2D eigenvalue weighted by atomic mass is 16.1. The van der Waals surface area contributed by atoms with Gasteiger partial charge in [-0.25, -0.2) is 0 Å². The molecule has 0 bridgehead atoms. The van der Waals surface area contributed by atoms with E-state index in [1.165, 1.54) is 0 Å². The molecule has 0 aromatic carbocycles. The zero-order valence-corrected chi connectivity index (χ0v) is 6.97. The number of carbonyl (C=O) groups excluding carboxylic acids is 1. The molecule has 2 N–H and O–H groups in total. The topological polar surface area (TPSA) is 56.2 Å². The first kappa shape index (κ1) is 7.58. The number of hydrogen-bond acceptors (Lipinski definition) is 2. The van der Waals surface area contributed by atoms with Gasteiger partial charge < -0.3 is 10.2 Å². The van der Waals surface area contributed by atoms with Crippen LogP contribution in [-0.2, 0) is 4.79 Å². The van der Waals surface area contributed by atoms with Gasteiger partial charge in [0.2, 0.25) is 5.91 Å². The first-order chi connectivity index (χ1) is 5.77. The molecular weight excluding hydrogens is 154 g/mol. The average Bonchev–Trinajstić information content (AvgIpc) is 2.58. The first-order valence-electron chi connectivity index (χ1n) is 4.38. The molecule has 4 heteroatoms. The van der Waals surface area contributed by atoms with E-state index < -0.39 is 0 Å². The highest BCUT2D eigenvalue weighted by molar-refractivity contribution is 5.84. The lowest BCUT2D eigenvalue weighted by atomic mass is 10.2. The zero-order valence-electron chi connectivity index (χ0n) is 6.97. The van der Waals surface area contributed by atoms with Gasteiger partial charge in [-0.3, -0.25) is 10.2 Å². The van der Waals surface area contributed by atoms with Gasteiger partial charge in [0.15, 0.2) is 0 Å². The van der Waals surface area contributed by atoms with E-state index in [9.17, 15) is 4.79 Å². The van der Waals surface area contributed by atoms with Gasteiger partial charge in [0, 0.05) is 25.9 Å². The molecule has 12 heavy (non-hydrogen) atoms. The first-order valence-corrected chi connectivity index (χ1v) is 4.38. The molecule has 0 aromatic heterocycles. The standard InChI is InChI=1S/C8H13N3O/c9-7-2-1-3-11(7)6-4-8(12)10-5-6/h6,9H,1-5H2,(H,10,12). The molecule has 1 amide bonds. The van der Waals surface area contributed by atoms with Crippen LogP contribution in [0.15, 0.2) is 0 Å². The number of nitrogens with zero attached hydrogens (tertiary/aromatic N) is 1. The van der Waals surface area contributed by atoms with Crippen LogP contribution in [0.4, 0.5) is 0 Å². The normalized spacial score (nSPS) is 29.7. The van der Waals surface area contributed by atoms with Gasteiger partial charge in [-0.05, 0) is 6.42 Å². The third-order valence-corrected chi connectivity index (χ3v) is 2.56. The summed E-state index contributed by atoms with van der Waals surface area (Å²) in [5, 5.41) is 10.4. The second-order valence-corrected chi connectivity index (χ2v) is 3.41. The van der Waals surface area contributed by atoms with Gasteiger partial charge in [0.25, 0.3) is 0 Å². The van der Waals surface area contributed by atoms with Gasteiger partial charge in [-0.2, -0.15) is 0 Å². The van der Waals surface area contributed by atoms with Crippen LogP contribution in [0, 0.1) is 5.41 Å². The largest absolute Gasteiger partial charge is 0.355 e. The second-order valence-electron chi connectivity index (χ2n) is 3.41. The Morgan fingerprint density at radius 2 is 2.42 bits per heavy atom. The molecule has 2 aliphatic heterocycles. The molecule has 0 aromatic rings. The van der Waals surface area contributed by atoms with Crippen LogP contribution in [-0.4, -0.2) is 35.8 Å². The highest BCUT2D eigenvalue weighted by Gasteiger charge is 2.30. The number of amidine groups is 1. The fourth-order valence-corrected chi connectivity index (χ4v) is 1.91. The van der Waals surface area contributed by atoms with Gasteiger partial charge >= 0.3 is 0 Å². The summed E-state index contributed by atoms with van der Waals surface area (Å²) in [6, 6.07) is 0.257. The summed E-state index contributed by atoms with van der Waals surface area (Å²) in [5.74, 6) is 0.830. The minimum Gasteiger partial charge on any atom is -0.355 e. The van der Waals surface area contributed by atoms with Crippen LogP contribution in [0.2, 0.25) is 0 Å². The third kappa shape index (κ3) is 1.17. The van der Waals surface area contributed by atoms with Crippen molar-refractivity contribution in [1.82, 2.24) is 10.2 Å². The summed E-state index contributed by atoms with van der Waals surface area (Å²) >= 11 is 0. The fourth-order valence-electron chi connectivity index (χ4n) is 1.91. The van der Waals surface area contributed by atoms with Gasteiger partial charge in [0.1, 0.15) is 0 Å². The molecule has 2 fully saturated rings. The summed E-state index contributed by atoms with van der Waals surface area (Å²) in [4.78, 5) is 13.0. The lowest BCUT2D eigenvalue weighted by Crippen LogP contribution is -2.37. The van der Waals surface area contributed by atoms with Crippen molar-refractivity contribution in [3.8, 4) is 0 Å². The minimum absolute atomic E-state index is 0.125. The maximum atomic E-state index is 10.9. The lowest BCUT2D eigenvalue weighted by Gasteiger charge is -2.23. The summed E-state index contributed by atoms with van der Waals surface area (Å²) in [7, 11) is 0. The molecule has 2 aliphatic rings. The molecule has 66 valence electrons.